The summed E-state index contributed by atoms with van der Waals surface area (Å²) in [5.74, 6) is 1.55. The molecule has 0 bridgehead atoms. The van der Waals surface area contributed by atoms with Crippen LogP contribution in [-0.2, 0) is 16.1 Å². The van der Waals surface area contributed by atoms with Crippen LogP contribution < -0.4 is 9.64 Å². The molecule has 1 aromatic heterocycles. The number of imidazole rings is 1. The van der Waals surface area contributed by atoms with Crippen molar-refractivity contribution in [2.24, 2.45) is 5.92 Å². The van der Waals surface area contributed by atoms with Gasteiger partial charge in [-0.15, -0.1) is 0 Å². The van der Waals surface area contributed by atoms with Gasteiger partial charge < -0.3 is 19.1 Å². The zero-order valence-corrected chi connectivity index (χ0v) is 17.7. The number of ether oxygens (including phenoxy) is 1. The Morgan fingerprint density at radius 3 is 2.70 bits per heavy atom. The number of carbonyl (C=O) groups excluding carboxylic acids is 2. The predicted octanol–water partition coefficient (Wildman–Crippen LogP) is 1.40. The van der Waals surface area contributed by atoms with Crippen LogP contribution in [0.5, 0.6) is 5.75 Å². The van der Waals surface area contributed by atoms with Gasteiger partial charge in [0, 0.05) is 76.4 Å². The van der Waals surface area contributed by atoms with Crippen molar-refractivity contribution < 1.29 is 14.3 Å². The monoisotopic (exact) mass is 411 g/mol. The lowest BCUT2D eigenvalue weighted by atomic mass is 10.1. The summed E-state index contributed by atoms with van der Waals surface area (Å²) in [6.07, 6.45) is 4.10. The zero-order valence-electron chi connectivity index (χ0n) is 17.7. The molecule has 160 valence electrons. The van der Waals surface area contributed by atoms with Gasteiger partial charge in [0.15, 0.2) is 0 Å². The van der Waals surface area contributed by atoms with Gasteiger partial charge in [-0.05, 0) is 19.1 Å². The molecule has 2 aliphatic rings. The topological polar surface area (TPSA) is 70.9 Å². The molecular weight excluding hydrogens is 382 g/mol. The number of rotatable bonds is 6. The molecule has 0 radical (unpaired) electrons. The normalized spacial score (nSPS) is 20.1. The summed E-state index contributed by atoms with van der Waals surface area (Å²) in [6, 6.07) is 7.43. The summed E-state index contributed by atoms with van der Waals surface area (Å²) in [5, 5.41) is 0. The summed E-state index contributed by atoms with van der Waals surface area (Å²) in [4.78, 5) is 35.8. The molecule has 0 spiro atoms. The number of nitrogens with zero attached hydrogens (tertiary/aromatic N) is 5. The first-order chi connectivity index (χ1) is 14.5. The van der Waals surface area contributed by atoms with E-state index in [1.54, 1.807) is 12.0 Å². The summed E-state index contributed by atoms with van der Waals surface area (Å²) in [6.45, 7) is 7.45. The maximum Gasteiger partial charge on any atom is 0.228 e. The molecule has 8 nitrogen and oxygen atoms in total. The van der Waals surface area contributed by atoms with E-state index in [-0.39, 0.29) is 24.2 Å². The molecule has 2 aliphatic heterocycles. The van der Waals surface area contributed by atoms with Gasteiger partial charge in [-0.2, -0.15) is 0 Å². The van der Waals surface area contributed by atoms with E-state index in [2.05, 4.69) is 14.5 Å². The average molecular weight is 412 g/mol. The van der Waals surface area contributed by atoms with Crippen LogP contribution >= 0.6 is 0 Å². The van der Waals surface area contributed by atoms with Gasteiger partial charge in [0.25, 0.3) is 0 Å². The quantitative estimate of drug-likeness (QED) is 0.719. The van der Waals surface area contributed by atoms with Crippen LogP contribution in [0.3, 0.4) is 0 Å². The molecule has 0 N–H and O–H groups in total. The van der Waals surface area contributed by atoms with Crippen LogP contribution in [0.2, 0.25) is 0 Å². The van der Waals surface area contributed by atoms with Crippen molar-refractivity contribution in [3.63, 3.8) is 0 Å². The Labute approximate surface area is 177 Å². The highest BCUT2D eigenvalue weighted by atomic mass is 16.5. The largest absolute Gasteiger partial charge is 0.497 e. The lowest BCUT2D eigenvalue weighted by Gasteiger charge is -2.36. The minimum Gasteiger partial charge on any atom is -0.497 e. The third-order valence-electron chi connectivity index (χ3n) is 6.10. The molecule has 4 rings (SSSR count). The standard InChI is InChI=1S/C22H29N5O3/c1-17-23-6-7-25(17)11-8-24-9-12-26(13-10-24)22(29)18-14-21(28)27(16-18)19-4-3-5-20(15-19)30-2/h3-7,15,18H,8-14,16H2,1-2H3. The van der Waals surface area contributed by atoms with E-state index in [9.17, 15) is 9.59 Å². The zero-order chi connectivity index (χ0) is 21.1. The van der Waals surface area contributed by atoms with Crippen LogP contribution in [0.25, 0.3) is 0 Å². The molecule has 0 aliphatic carbocycles. The molecule has 1 aromatic carbocycles. The lowest BCUT2D eigenvalue weighted by Crippen LogP contribution is -2.51. The molecule has 2 fully saturated rings. The molecule has 30 heavy (non-hydrogen) atoms. The highest BCUT2D eigenvalue weighted by molar-refractivity contribution is 6.00. The van der Waals surface area contributed by atoms with Gasteiger partial charge in [-0.25, -0.2) is 4.98 Å². The number of amides is 2. The van der Waals surface area contributed by atoms with E-state index in [4.69, 9.17) is 4.74 Å². The molecule has 3 heterocycles. The van der Waals surface area contributed by atoms with E-state index in [1.807, 2.05) is 48.5 Å². The second kappa shape index (κ2) is 8.87. The van der Waals surface area contributed by atoms with Crippen molar-refractivity contribution in [3.8, 4) is 5.75 Å². The Kier molecular flexibility index (Phi) is 6.03. The molecule has 2 aromatic rings. The predicted molar refractivity (Wildman–Crippen MR) is 113 cm³/mol. The number of piperazine rings is 1. The van der Waals surface area contributed by atoms with Crippen molar-refractivity contribution >= 4 is 17.5 Å². The van der Waals surface area contributed by atoms with E-state index in [0.29, 0.717) is 25.4 Å². The molecule has 8 heteroatoms. The third-order valence-corrected chi connectivity index (χ3v) is 6.10. The number of hydrogen-bond acceptors (Lipinski definition) is 5. The van der Waals surface area contributed by atoms with Crippen LogP contribution in [0.4, 0.5) is 5.69 Å². The highest BCUT2D eigenvalue weighted by Crippen LogP contribution is 2.29. The van der Waals surface area contributed by atoms with E-state index < -0.39 is 0 Å². The first-order valence-corrected chi connectivity index (χ1v) is 10.5. The SMILES string of the molecule is COc1cccc(N2CC(C(=O)N3CCN(CCn4ccnc4C)CC3)CC2=O)c1. The van der Waals surface area contributed by atoms with Gasteiger partial charge >= 0.3 is 0 Å². The van der Waals surface area contributed by atoms with Gasteiger partial charge in [0.2, 0.25) is 11.8 Å². The number of carbonyl (C=O) groups is 2. The van der Waals surface area contributed by atoms with Crippen molar-refractivity contribution in [2.45, 2.75) is 19.9 Å². The maximum atomic E-state index is 13.0. The lowest BCUT2D eigenvalue weighted by molar-refractivity contribution is -0.137. The average Bonchev–Trinajstić information content (AvgIpc) is 3.37. The smallest absolute Gasteiger partial charge is 0.228 e. The number of aromatic nitrogens is 2. The Morgan fingerprint density at radius 2 is 2.00 bits per heavy atom. The molecule has 1 atom stereocenters. The van der Waals surface area contributed by atoms with Crippen LogP contribution in [-0.4, -0.2) is 77.5 Å². The molecule has 2 amide bonds. The molecule has 2 saturated heterocycles. The Morgan fingerprint density at radius 1 is 1.20 bits per heavy atom. The van der Waals surface area contributed by atoms with Gasteiger partial charge in [0.05, 0.1) is 13.0 Å². The third kappa shape index (κ3) is 4.33. The van der Waals surface area contributed by atoms with Crippen molar-refractivity contribution in [1.82, 2.24) is 19.4 Å². The first kappa shape index (κ1) is 20.4. The van der Waals surface area contributed by atoms with Crippen LogP contribution in [0, 0.1) is 12.8 Å². The summed E-state index contributed by atoms with van der Waals surface area (Å²) in [7, 11) is 1.60. The minimum atomic E-state index is -0.274. The Bertz CT molecular complexity index is 904. The molecule has 1 unspecified atom stereocenters. The molecular formula is C22H29N5O3. The van der Waals surface area contributed by atoms with Crippen LogP contribution in [0.15, 0.2) is 36.7 Å². The fourth-order valence-corrected chi connectivity index (χ4v) is 4.24. The number of benzene rings is 1. The Hall–Kier alpha value is -2.87. The van der Waals surface area contributed by atoms with Crippen molar-refractivity contribution in [2.75, 3.05) is 51.3 Å². The number of anilines is 1. The summed E-state index contributed by atoms with van der Waals surface area (Å²) in [5.41, 5.74) is 0.786. The highest BCUT2D eigenvalue weighted by Gasteiger charge is 2.38. The number of hydrogen-bond donors (Lipinski definition) is 0. The minimum absolute atomic E-state index is 0.00376. The van der Waals surface area contributed by atoms with E-state index >= 15 is 0 Å². The fraction of sp³-hybridized carbons (Fsp3) is 0.500. The van der Waals surface area contributed by atoms with Crippen molar-refractivity contribution in [3.05, 3.63) is 42.5 Å². The van der Waals surface area contributed by atoms with Crippen molar-refractivity contribution in [1.29, 1.82) is 0 Å². The number of methoxy groups -OCH3 is 1. The van der Waals surface area contributed by atoms with Gasteiger partial charge in [0.1, 0.15) is 11.6 Å². The second-order valence-corrected chi connectivity index (χ2v) is 7.94. The number of aryl methyl sites for hydroxylation is 1. The van der Waals surface area contributed by atoms with E-state index in [0.717, 1.165) is 37.7 Å². The summed E-state index contributed by atoms with van der Waals surface area (Å²) < 4.78 is 7.40. The van der Waals surface area contributed by atoms with Gasteiger partial charge in [-0.3, -0.25) is 14.5 Å². The second-order valence-electron chi connectivity index (χ2n) is 7.94. The van der Waals surface area contributed by atoms with E-state index in [1.165, 1.54) is 0 Å². The maximum absolute atomic E-state index is 13.0. The van der Waals surface area contributed by atoms with Gasteiger partial charge in [-0.1, -0.05) is 6.07 Å². The van der Waals surface area contributed by atoms with Crippen LogP contribution in [0.1, 0.15) is 12.2 Å². The molecule has 0 saturated carbocycles. The summed E-state index contributed by atoms with van der Waals surface area (Å²) >= 11 is 0. The fourth-order valence-electron chi connectivity index (χ4n) is 4.24. The first-order valence-electron chi connectivity index (χ1n) is 10.5. The Balaban J connectivity index is 1.29.